The number of carbonyl (C=O) groups excluding carboxylic acids is 1. The Labute approximate surface area is 157 Å². The van der Waals surface area contributed by atoms with Crippen LogP contribution in [-0.2, 0) is 0 Å². The summed E-state index contributed by atoms with van der Waals surface area (Å²) >= 11 is 1.51. The van der Waals surface area contributed by atoms with Gasteiger partial charge in [-0.3, -0.25) is 9.20 Å². The van der Waals surface area contributed by atoms with E-state index in [1.165, 1.54) is 17.8 Å². The summed E-state index contributed by atoms with van der Waals surface area (Å²) in [6.07, 6.45) is 6.38. The summed E-state index contributed by atoms with van der Waals surface area (Å²) in [6.45, 7) is 3.02. The highest BCUT2D eigenvalue weighted by atomic mass is 32.1. The molecule has 1 aliphatic heterocycles. The standard InChI is InChI=1S/C20H23N3O2S/c1-3-15-8-4-5-10-22(15)19(24)18-13-26-20-21-17(12-23(18)20)14-7-6-9-16(11-14)25-2/h6-7,9,11-13,15H,3-5,8,10H2,1-2H3. The number of aromatic nitrogens is 2. The van der Waals surface area contributed by atoms with E-state index in [2.05, 4.69) is 11.8 Å². The van der Waals surface area contributed by atoms with Crippen LogP contribution in [0.25, 0.3) is 16.2 Å². The Bertz CT molecular complexity index is 930. The van der Waals surface area contributed by atoms with E-state index in [4.69, 9.17) is 9.72 Å². The lowest BCUT2D eigenvalue weighted by molar-refractivity contribution is 0.0601. The Morgan fingerprint density at radius 2 is 2.27 bits per heavy atom. The van der Waals surface area contributed by atoms with Crippen LogP contribution < -0.4 is 4.74 Å². The van der Waals surface area contributed by atoms with Crippen LogP contribution >= 0.6 is 11.3 Å². The number of imidazole rings is 1. The Kier molecular flexibility index (Phi) is 4.68. The molecule has 1 fully saturated rings. The fraction of sp³-hybridized carbons (Fsp3) is 0.400. The minimum absolute atomic E-state index is 0.123. The fourth-order valence-electron chi connectivity index (χ4n) is 3.70. The van der Waals surface area contributed by atoms with Crippen LogP contribution in [0.3, 0.4) is 0 Å². The second-order valence-electron chi connectivity index (χ2n) is 6.69. The van der Waals surface area contributed by atoms with Gasteiger partial charge in [-0.15, -0.1) is 11.3 Å². The van der Waals surface area contributed by atoms with Crippen molar-refractivity contribution in [1.82, 2.24) is 14.3 Å². The van der Waals surface area contributed by atoms with Crippen molar-refractivity contribution in [3.63, 3.8) is 0 Å². The Hall–Kier alpha value is -2.34. The van der Waals surface area contributed by atoms with Gasteiger partial charge >= 0.3 is 0 Å². The SMILES string of the molecule is CCC1CCCCN1C(=O)c1csc2nc(-c3cccc(OC)c3)cn12. The van der Waals surface area contributed by atoms with E-state index in [1.807, 2.05) is 40.2 Å². The Balaban J connectivity index is 1.68. The van der Waals surface area contributed by atoms with Crippen molar-refractivity contribution in [3.05, 3.63) is 41.5 Å². The first-order valence-electron chi connectivity index (χ1n) is 9.13. The summed E-state index contributed by atoms with van der Waals surface area (Å²) in [4.78, 5) is 20.8. The number of piperidine rings is 1. The van der Waals surface area contributed by atoms with Crippen LogP contribution in [0.2, 0.25) is 0 Å². The second kappa shape index (κ2) is 7.11. The number of likely N-dealkylation sites (tertiary alicyclic amines) is 1. The lowest BCUT2D eigenvalue weighted by Gasteiger charge is -2.35. The molecule has 0 spiro atoms. The van der Waals surface area contributed by atoms with Gasteiger partial charge in [-0.2, -0.15) is 0 Å². The highest BCUT2D eigenvalue weighted by Gasteiger charge is 2.28. The van der Waals surface area contributed by atoms with Gasteiger partial charge in [0.05, 0.1) is 12.8 Å². The number of methoxy groups -OCH3 is 1. The van der Waals surface area contributed by atoms with Crippen LogP contribution in [0.4, 0.5) is 0 Å². The number of carbonyl (C=O) groups is 1. The van der Waals surface area contributed by atoms with Crippen molar-refractivity contribution in [2.24, 2.45) is 0 Å². The molecular weight excluding hydrogens is 346 g/mol. The molecule has 3 heterocycles. The van der Waals surface area contributed by atoms with Crippen molar-refractivity contribution in [1.29, 1.82) is 0 Å². The number of benzene rings is 1. The molecule has 1 unspecified atom stereocenters. The molecule has 0 bridgehead atoms. The van der Waals surface area contributed by atoms with Crippen molar-refractivity contribution in [3.8, 4) is 17.0 Å². The van der Waals surface area contributed by atoms with Crippen molar-refractivity contribution in [2.45, 2.75) is 38.6 Å². The lowest BCUT2D eigenvalue weighted by Crippen LogP contribution is -2.43. The van der Waals surface area contributed by atoms with E-state index < -0.39 is 0 Å². The first-order chi connectivity index (χ1) is 12.7. The number of thiazole rings is 1. The summed E-state index contributed by atoms with van der Waals surface area (Å²) < 4.78 is 7.24. The van der Waals surface area contributed by atoms with E-state index in [9.17, 15) is 4.79 Å². The van der Waals surface area contributed by atoms with Gasteiger partial charge in [-0.1, -0.05) is 19.1 Å². The lowest BCUT2D eigenvalue weighted by atomic mass is 10.00. The summed E-state index contributed by atoms with van der Waals surface area (Å²) in [7, 11) is 1.66. The average Bonchev–Trinajstić information content (AvgIpc) is 3.28. The van der Waals surface area contributed by atoms with Crippen LogP contribution in [0.15, 0.2) is 35.8 Å². The molecule has 1 amide bonds. The molecule has 136 valence electrons. The molecule has 1 atom stereocenters. The predicted octanol–water partition coefficient (Wildman–Crippen LogP) is 4.48. The highest BCUT2D eigenvalue weighted by Crippen LogP contribution is 2.28. The average molecular weight is 369 g/mol. The molecule has 0 aliphatic carbocycles. The number of nitrogens with zero attached hydrogens (tertiary/aromatic N) is 3. The Morgan fingerprint density at radius 3 is 3.08 bits per heavy atom. The van der Waals surface area contributed by atoms with E-state index in [-0.39, 0.29) is 5.91 Å². The minimum Gasteiger partial charge on any atom is -0.497 e. The largest absolute Gasteiger partial charge is 0.497 e. The van der Waals surface area contributed by atoms with Gasteiger partial charge < -0.3 is 9.64 Å². The number of hydrogen-bond donors (Lipinski definition) is 0. The van der Waals surface area contributed by atoms with Crippen LogP contribution in [0.1, 0.15) is 43.1 Å². The number of rotatable bonds is 4. The van der Waals surface area contributed by atoms with Crippen LogP contribution in [0.5, 0.6) is 5.75 Å². The molecule has 4 rings (SSSR count). The Morgan fingerprint density at radius 1 is 1.38 bits per heavy atom. The maximum atomic E-state index is 13.2. The van der Waals surface area contributed by atoms with Gasteiger partial charge in [0.1, 0.15) is 11.4 Å². The number of amides is 1. The molecule has 6 heteroatoms. The van der Waals surface area contributed by atoms with Gasteiger partial charge in [-0.05, 0) is 37.8 Å². The molecule has 1 aromatic carbocycles. The third kappa shape index (κ3) is 2.98. The monoisotopic (exact) mass is 369 g/mol. The zero-order valence-electron chi connectivity index (χ0n) is 15.1. The molecular formula is C20H23N3O2S. The first-order valence-corrected chi connectivity index (χ1v) is 10.0. The third-order valence-corrected chi connectivity index (χ3v) is 5.99. The van der Waals surface area contributed by atoms with Gasteiger partial charge in [-0.25, -0.2) is 4.98 Å². The van der Waals surface area contributed by atoms with E-state index >= 15 is 0 Å². The predicted molar refractivity (Wildman–Crippen MR) is 104 cm³/mol. The second-order valence-corrected chi connectivity index (χ2v) is 7.52. The van der Waals surface area contributed by atoms with E-state index in [0.29, 0.717) is 11.7 Å². The van der Waals surface area contributed by atoms with Gasteiger partial charge in [0, 0.05) is 29.7 Å². The topological polar surface area (TPSA) is 46.8 Å². The minimum atomic E-state index is 0.123. The molecule has 0 radical (unpaired) electrons. The number of hydrogen-bond acceptors (Lipinski definition) is 4. The number of ether oxygens (including phenoxy) is 1. The highest BCUT2D eigenvalue weighted by molar-refractivity contribution is 7.15. The molecule has 2 aromatic heterocycles. The zero-order valence-corrected chi connectivity index (χ0v) is 16.0. The van der Waals surface area contributed by atoms with Crippen molar-refractivity contribution >= 4 is 22.2 Å². The van der Waals surface area contributed by atoms with Gasteiger partial charge in [0.15, 0.2) is 4.96 Å². The molecule has 1 saturated heterocycles. The maximum Gasteiger partial charge on any atom is 0.271 e. The zero-order chi connectivity index (χ0) is 18.1. The summed E-state index contributed by atoms with van der Waals surface area (Å²) in [5.74, 6) is 0.923. The van der Waals surface area contributed by atoms with Gasteiger partial charge in [0.25, 0.3) is 5.91 Å². The summed E-state index contributed by atoms with van der Waals surface area (Å²) in [5.41, 5.74) is 2.56. The van der Waals surface area contributed by atoms with Gasteiger partial charge in [0.2, 0.25) is 0 Å². The van der Waals surface area contributed by atoms with E-state index in [1.54, 1.807) is 7.11 Å². The quantitative estimate of drug-likeness (QED) is 0.681. The molecule has 0 saturated carbocycles. The normalized spacial score (nSPS) is 17.6. The van der Waals surface area contributed by atoms with Crippen molar-refractivity contribution in [2.75, 3.05) is 13.7 Å². The van der Waals surface area contributed by atoms with Crippen molar-refractivity contribution < 1.29 is 9.53 Å². The third-order valence-electron chi connectivity index (χ3n) is 5.15. The summed E-state index contributed by atoms with van der Waals surface area (Å²) in [6, 6.07) is 8.19. The number of fused-ring (bicyclic) bond motifs is 1. The van der Waals surface area contributed by atoms with Crippen LogP contribution in [0, 0.1) is 0 Å². The smallest absolute Gasteiger partial charge is 0.271 e. The molecule has 3 aromatic rings. The summed E-state index contributed by atoms with van der Waals surface area (Å²) in [5, 5.41) is 1.93. The molecule has 5 nitrogen and oxygen atoms in total. The molecule has 26 heavy (non-hydrogen) atoms. The maximum absolute atomic E-state index is 13.2. The van der Waals surface area contributed by atoms with E-state index in [0.717, 1.165) is 47.8 Å². The molecule has 1 aliphatic rings. The molecule has 0 N–H and O–H groups in total. The van der Waals surface area contributed by atoms with Crippen LogP contribution in [-0.4, -0.2) is 39.9 Å². The first kappa shape index (κ1) is 17.1. The fourth-order valence-corrected chi connectivity index (χ4v) is 4.55.